The molecule has 0 saturated carbocycles. The van der Waals surface area contributed by atoms with Crippen LogP contribution in [0, 0.1) is 0 Å². The predicted molar refractivity (Wildman–Crippen MR) is 90.1 cm³/mol. The van der Waals surface area contributed by atoms with Crippen molar-refractivity contribution in [2.75, 3.05) is 12.9 Å². The second-order valence-electron chi connectivity index (χ2n) is 4.69. The van der Waals surface area contributed by atoms with E-state index >= 15 is 0 Å². The van der Waals surface area contributed by atoms with Crippen molar-refractivity contribution in [1.82, 2.24) is 4.98 Å². The first kappa shape index (κ1) is 14.0. The Labute approximate surface area is 129 Å². The van der Waals surface area contributed by atoms with Crippen molar-refractivity contribution in [3.05, 3.63) is 54.7 Å². The van der Waals surface area contributed by atoms with E-state index in [9.17, 15) is 0 Å². The van der Waals surface area contributed by atoms with Crippen molar-refractivity contribution in [1.29, 1.82) is 0 Å². The lowest BCUT2D eigenvalue weighted by Crippen LogP contribution is -1.91. The van der Waals surface area contributed by atoms with Gasteiger partial charge >= 0.3 is 0 Å². The van der Waals surface area contributed by atoms with Crippen molar-refractivity contribution < 1.29 is 4.74 Å². The van der Waals surface area contributed by atoms with Gasteiger partial charge < -0.3 is 4.74 Å². The van der Waals surface area contributed by atoms with Crippen LogP contribution in [0.2, 0.25) is 0 Å². The lowest BCUT2D eigenvalue weighted by atomic mass is 10.0. The van der Waals surface area contributed by atoms with E-state index in [-0.39, 0.29) is 0 Å². The molecule has 1 aromatic heterocycles. The molecule has 106 valence electrons. The van der Waals surface area contributed by atoms with E-state index in [1.165, 1.54) is 16.5 Å². The smallest absolute Gasteiger partial charge is 0.119 e. The highest BCUT2D eigenvalue weighted by atomic mass is 32.2. The third-order valence-corrected chi connectivity index (χ3v) is 4.28. The summed E-state index contributed by atoms with van der Waals surface area (Å²) in [5, 5.41) is 3.39. The van der Waals surface area contributed by atoms with Gasteiger partial charge in [-0.15, -0.1) is 11.8 Å². The number of benzene rings is 2. The Balaban J connectivity index is 2.32. The van der Waals surface area contributed by atoms with Crippen LogP contribution in [0.25, 0.3) is 21.9 Å². The highest BCUT2D eigenvalue weighted by molar-refractivity contribution is 7.99. The topological polar surface area (TPSA) is 22.1 Å². The minimum atomic E-state index is 0.873. The third kappa shape index (κ3) is 2.74. The number of pyridine rings is 1. The molecule has 0 unspecified atom stereocenters. The summed E-state index contributed by atoms with van der Waals surface area (Å²) >= 11 is 1.77. The van der Waals surface area contributed by atoms with Crippen LogP contribution in [0.5, 0.6) is 5.75 Å². The molecule has 0 bridgehead atoms. The summed E-state index contributed by atoms with van der Waals surface area (Å²) in [4.78, 5) is 4.65. The van der Waals surface area contributed by atoms with E-state index < -0.39 is 0 Å². The molecule has 21 heavy (non-hydrogen) atoms. The SMILES string of the molecule is CCSc1ncc2ccc(OC)cc2c1-c1ccccc1. The Hall–Kier alpha value is -2.00. The Kier molecular flexibility index (Phi) is 4.11. The van der Waals surface area contributed by atoms with E-state index in [1.54, 1.807) is 18.9 Å². The quantitative estimate of drug-likeness (QED) is 0.631. The molecule has 0 fully saturated rings. The van der Waals surface area contributed by atoms with Gasteiger partial charge in [0.15, 0.2) is 0 Å². The number of hydrogen-bond acceptors (Lipinski definition) is 3. The molecular weight excluding hydrogens is 278 g/mol. The maximum atomic E-state index is 5.39. The molecule has 0 radical (unpaired) electrons. The maximum absolute atomic E-state index is 5.39. The molecule has 2 aromatic carbocycles. The van der Waals surface area contributed by atoms with Crippen molar-refractivity contribution in [2.45, 2.75) is 11.9 Å². The fourth-order valence-electron chi connectivity index (χ4n) is 2.43. The summed E-state index contributed by atoms with van der Waals surface area (Å²) in [5.74, 6) is 1.88. The molecule has 0 aliphatic heterocycles. The van der Waals surface area contributed by atoms with Gasteiger partial charge in [0.05, 0.1) is 7.11 Å². The summed E-state index contributed by atoms with van der Waals surface area (Å²) in [7, 11) is 1.70. The summed E-state index contributed by atoms with van der Waals surface area (Å²) in [6.07, 6.45) is 1.94. The zero-order valence-corrected chi connectivity index (χ0v) is 13.0. The number of thioether (sulfide) groups is 1. The van der Waals surface area contributed by atoms with E-state index in [0.717, 1.165) is 21.9 Å². The number of fused-ring (bicyclic) bond motifs is 1. The predicted octanol–water partition coefficient (Wildman–Crippen LogP) is 5.02. The van der Waals surface area contributed by atoms with Crippen LogP contribution < -0.4 is 4.74 Å². The van der Waals surface area contributed by atoms with Gasteiger partial charge in [-0.3, -0.25) is 0 Å². The normalized spacial score (nSPS) is 10.8. The molecule has 2 nitrogen and oxygen atoms in total. The molecule has 1 heterocycles. The molecule has 0 N–H and O–H groups in total. The Morgan fingerprint density at radius 3 is 2.62 bits per heavy atom. The minimum absolute atomic E-state index is 0.873. The van der Waals surface area contributed by atoms with Crippen LogP contribution >= 0.6 is 11.8 Å². The largest absolute Gasteiger partial charge is 0.497 e. The molecule has 0 spiro atoms. The molecular formula is C18H17NOS. The summed E-state index contributed by atoms with van der Waals surface area (Å²) < 4.78 is 5.39. The number of ether oxygens (including phenoxy) is 1. The van der Waals surface area contributed by atoms with Gasteiger partial charge in [-0.05, 0) is 34.9 Å². The van der Waals surface area contributed by atoms with Crippen molar-refractivity contribution in [3.8, 4) is 16.9 Å². The molecule has 0 aliphatic carbocycles. The monoisotopic (exact) mass is 295 g/mol. The van der Waals surface area contributed by atoms with Crippen molar-refractivity contribution in [2.24, 2.45) is 0 Å². The fraction of sp³-hybridized carbons (Fsp3) is 0.167. The number of methoxy groups -OCH3 is 1. The molecule has 0 saturated heterocycles. The fourth-order valence-corrected chi connectivity index (χ4v) is 3.20. The van der Waals surface area contributed by atoms with Crippen molar-refractivity contribution in [3.63, 3.8) is 0 Å². The van der Waals surface area contributed by atoms with Crippen LogP contribution in [0.15, 0.2) is 59.8 Å². The zero-order chi connectivity index (χ0) is 14.7. The van der Waals surface area contributed by atoms with Crippen LogP contribution in [0.1, 0.15) is 6.92 Å². The standard InChI is InChI=1S/C18H17NOS/c1-3-21-18-17(13-7-5-4-6-8-13)16-11-15(20-2)10-9-14(16)12-19-18/h4-12H,3H2,1-2H3. The molecule has 3 heteroatoms. The Morgan fingerprint density at radius 1 is 1.10 bits per heavy atom. The summed E-state index contributed by atoms with van der Waals surface area (Å²) in [6, 6.07) is 16.6. The third-order valence-electron chi connectivity index (χ3n) is 3.41. The van der Waals surface area contributed by atoms with Gasteiger partial charge in [-0.25, -0.2) is 4.98 Å². The van der Waals surface area contributed by atoms with Crippen LogP contribution in [-0.2, 0) is 0 Å². The number of hydrogen-bond donors (Lipinski definition) is 0. The molecule has 0 aliphatic rings. The van der Waals surface area contributed by atoms with Crippen LogP contribution in [0.4, 0.5) is 0 Å². The second kappa shape index (κ2) is 6.19. The Bertz CT molecular complexity index is 756. The molecule has 0 amide bonds. The van der Waals surface area contributed by atoms with E-state index in [1.807, 2.05) is 18.3 Å². The average Bonchev–Trinajstić information content (AvgIpc) is 2.55. The zero-order valence-electron chi connectivity index (χ0n) is 12.2. The van der Waals surface area contributed by atoms with Crippen LogP contribution in [0.3, 0.4) is 0 Å². The van der Waals surface area contributed by atoms with E-state index in [0.29, 0.717) is 0 Å². The number of aromatic nitrogens is 1. The van der Waals surface area contributed by atoms with Gasteiger partial charge in [0.2, 0.25) is 0 Å². The van der Waals surface area contributed by atoms with Gasteiger partial charge in [0.25, 0.3) is 0 Å². The second-order valence-corrected chi connectivity index (χ2v) is 5.94. The molecule has 3 rings (SSSR count). The highest BCUT2D eigenvalue weighted by Crippen LogP contribution is 2.37. The Morgan fingerprint density at radius 2 is 1.90 bits per heavy atom. The first-order valence-electron chi connectivity index (χ1n) is 6.98. The first-order chi connectivity index (χ1) is 10.3. The van der Waals surface area contributed by atoms with Crippen molar-refractivity contribution >= 4 is 22.5 Å². The summed E-state index contributed by atoms with van der Waals surface area (Å²) in [6.45, 7) is 2.15. The van der Waals surface area contributed by atoms with Gasteiger partial charge in [0, 0.05) is 17.1 Å². The van der Waals surface area contributed by atoms with Gasteiger partial charge in [-0.1, -0.05) is 37.3 Å². The maximum Gasteiger partial charge on any atom is 0.119 e. The van der Waals surface area contributed by atoms with E-state index in [2.05, 4.69) is 48.3 Å². The molecule has 3 aromatic rings. The van der Waals surface area contributed by atoms with Gasteiger partial charge in [-0.2, -0.15) is 0 Å². The first-order valence-corrected chi connectivity index (χ1v) is 7.97. The summed E-state index contributed by atoms with van der Waals surface area (Å²) in [5.41, 5.74) is 2.39. The lowest BCUT2D eigenvalue weighted by molar-refractivity contribution is 0.415. The molecule has 0 atom stereocenters. The average molecular weight is 295 g/mol. The van der Waals surface area contributed by atoms with Gasteiger partial charge in [0.1, 0.15) is 10.8 Å². The van der Waals surface area contributed by atoms with Crippen LogP contribution in [-0.4, -0.2) is 17.8 Å². The van der Waals surface area contributed by atoms with E-state index in [4.69, 9.17) is 4.74 Å². The minimum Gasteiger partial charge on any atom is -0.497 e. The lowest BCUT2D eigenvalue weighted by Gasteiger charge is -2.12. The highest BCUT2D eigenvalue weighted by Gasteiger charge is 2.12. The number of rotatable bonds is 4. The number of nitrogens with zero attached hydrogens (tertiary/aromatic N) is 1.